The molecule has 0 bridgehead atoms. The van der Waals surface area contributed by atoms with Gasteiger partial charge < -0.3 is 9.64 Å². The van der Waals surface area contributed by atoms with Crippen LogP contribution in [0.25, 0.3) is 0 Å². The van der Waals surface area contributed by atoms with Gasteiger partial charge in [0.1, 0.15) is 11.6 Å². The van der Waals surface area contributed by atoms with Crippen LogP contribution in [-0.2, 0) is 12.5 Å². The number of anilines is 2. The Kier molecular flexibility index (Phi) is 5.23. The lowest BCUT2D eigenvalue weighted by atomic mass is 9.96. The van der Waals surface area contributed by atoms with Gasteiger partial charge in [0.15, 0.2) is 0 Å². The zero-order valence-electron chi connectivity index (χ0n) is 13.4. The molecule has 2 aromatic rings. The van der Waals surface area contributed by atoms with Gasteiger partial charge in [-0.05, 0) is 12.1 Å². The summed E-state index contributed by atoms with van der Waals surface area (Å²) in [6.07, 6.45) is 0. The van der Waals surface area contributed by atoms with Crippen LogP contribution < -0.4 is 9.64 Å². The van der Waals surface area contributed by atoms with Crippen molar-refractivity contribution < 1.29 is 4.74 Å². The van der Waals surface area contributed by atoms with E-state index in [-0.39, 0.29) is 17.8 Å². The number of hydrogen-bond acceptors (Lipinski definition) is 4. The zero-order valence-corrected chi connectivity index (χ0v) is 14.2. The quantitative estimate of drug-likeness (QED) is 0.872. The second kappa shape index (κ2) is 6.35. The lowest BCUT2D eigenvalue weighted by Gasteiger charge is -2.21. The van der Waals surface area contributed by atoms with E-state index in [1.54, 1.807) is 7.11 Å². The molecule has 0 saturated carbocycles. The molecule has 0 saturated heterocycles. The molecule has 2 rings (SSSR count). The average Bonchev–Trinajstić information content (AvgIpc) is 2.79. The largest absolute Gasteiger partial charge is 0.497 e. The van der Waals surface area contributed by atoms with E-state index in [0.29, 0.717) is 0 Å². The maximum Gasteiger partial charge on any atom is 0.231 e. The second-order valence-electron chi connectivity index (χ2n) is 5.89. The van der Waals surface area contributed by atoms with Crippen LogP contribution in [-0.4, -0.2) is 28.9 Å². The smallest absolute Gasteiger partial charge is 0.231 e. The lowest BCUT2D eigenvalue weighted by molar-refractivity contribution is 0.415. The first-order valence-corrected chi connectivity index (χ1v) is 6.62. The van der Waals surface area contributed by atoms with E-state index in [2.05, 4.69) is 31.0 Å². The lowest BCUT2D eigenvalue weighted by Crippen LogP contribution is -2.20. The predicted octanol–water partition coefficient (Wildman–Crippen LogP) is 3.31. The Morgan fingerprint density at radius 1 is 1.19 bits per heavy atom. The summed E-state index contributed by atoms with van der Waals surface area (Å²) in [5.41, 5.74) is 0.982. The highest BCUT2D eigenvalue weighted by Gasteiger charge is 2.23. The highest BCUT2D eigenvalue weighted by Crippen LogP contribution is 2.28. The van der Waals surface area contributed by atoms with Crippen LogP contribution in [0.5, 0.6) is 5.75 Å². The molecule has 0 aliphatic carbocycles. The van der Waals surface area contributed by atoms with Crippen molar-refractivity contribution in [3.05, 3.63) is 30.1 Å². The number of rotatable bonds is 3. The highest BCUT2D eigenvalue weighted by atomic mass is 35.5. The molecule has 0 aliphatic rings. The van der Waals surface area contributed by atoms with Crippen molar-refractivity contribution in [2.45, 2.75) is 26.2 Å². The fourth-order valence-electron chi connectivity index (χ4n) is 2.20. The number of hydrogen-bond donors (Lipinski definition) is 0. The number of ether oxygens (including phenoxy) is 1. The molecule has 0 atom stereocenters. The second-order valence-corrected chi connectivity index (χ2v) is 5.89. The van der Waals surface area contributed by atoms with Crippen LogP contribution in [0.1, 0.15) is 26.6 Å². The van der Waals surface area contributed by atoms with Crippen molar-refractivity contribution in [2.24, 2.45) is 7.05 Å². The minimum atomic E-state index is -0.0325. The van der Waals surface area contributed by atoms with Crippen molar-refractivity contribution in [1.82, 2.24) is 14.8 Å². The molecule has 0 amide bonds. The number of methoxy groups -OCH3 is 1. The molecule has 1 aromatic heterocycles. The summed E-state index contributed by atoms with van der Waals surface area (Å²) in [7, 11) is 5.64. The molecule has 0 fully saturated rings. The Hall–Kier alpha value is -1.75. The predicted molar refractivity (Wildman–Crippen MR) is 88.0 cm³/mol. The minimum absolute atomic E-state index is 0. The Balaban J connectivity index is 0.00000220. The van der Waals surface area contributed by atoms with E-state index in [0.717, 1.165) is 23.2 Å². The first-order chi connectivity index (χ1) is 9.34. The zero-order chi connectivity index (χ0) is 14.9. The first-order valence-electron chi connectivity index (χ1n) is 6.62. The van der Waals surface area contributed by atoms with E-state index in [1.807, 2.05) is 47.8 Å². The van der Waals surface area contributed by atoms with E-state index in [9.17, 15) is 0 Å². The molecule has 0 aliphatic heterocycles. The van der Waals surface area contributed by atoms with Gasteiger partial charge in [0.25, 0.3) is 0 Å². The Morgan fingerprint density at radius 3 is 2.38 bits per heavy atom. The van der Waals surface area contributed by atoms with Crippen LogP contribution in [0, 0.1) is 0 Å². The summed E-state index contributed by atoms with van der Waals surface area (Å²) in [6, 6.07) is 7.89. The Labute approximate surface area is 132 Å². The third kappa shape index (κ3) is 3.47. The van der Waals surface area contributed by atoms with Gasteiger partial charge in [0.05, 0.1) is 7.11 Å². The maximum absolute atomic E-state index is 5.26. The van der Waals surface area contributed by atoms with Crippen LogP contribution >= 0.6 is 12.4 Å². The van der Waals surface area contributed by atoms with Gasteiger partial charge in [-0.25, -0.2) is 0 Å². The number of benzene rings is 1. The molecular formula is C15H23ClN4O. The number of halogens is 1. The van der Waals surface area contributed by atoms with Crippen molar-refractivity contribution in [3.63, 3.8) is 0 Å². The number of nitrogens with zero attached hydrogens (tertiary/aromatic N) is 4. The van der Waals surface area contributed by atoms with Gasteiger partial charge >= 0.3 is 0 Å². The van der Waals surface area contributed by atoms with Crippen molar-refractivity contribution in [1.29, 1.82) is 0 Å². The molecule has 21 heavy (non-hydrogen) atoms. The van der Waals surface area contributed by atoms with E-state index >= 15 is 0 Å². The fourth-order valence-corrected chi connectivity index (χ4v) is 2.20. The van der Waals surface area contributed by atoms with E-state index < -0.39 is 0 Å². The van der Waals surface area contributed by atoms with Gasteiger partial charge in [-0.2, -0.15) is 0 Å². The van der Waals surface area contributed by atoms with Crippen molar-refractivity contribution >= 4 is 24.0 Å². The average molecular weight is 311 g/mol. The van der Waals surface area contributed by atoms with E-state index in [4.69, 9.17) is 4.74 Å². The van der Waals surface area contributed by atoms with Crippen LogP contribution in [0.3, 0.4) is 0 Å². The van der Waals surface area contributed by atoms with Crippen LogP contribution in [0.4, 0.5) is 11.6 Å². The summed E-state index contributed by atoms with van der Waals surface area (Å²) >= 11 is 0. The number of aromatic nitrogens is 3. The molecule has 0 N–H and O–H groups in total. The summed E-state index contributed by atoms with van der Waals surface area (Å²) in [5, 5.41) is 8.63. The highest BCUT2D eigenvalue weighted by molar-refractivity contribution is 5.85. The maximum atomic E-state index is 5.26. The topological polar surface area (TPSA) is 43.2 Å². The molecule has 116 valence electrons. The SMILES string of the molecule is COc1cccc(N(C)c2nnc(C(C)(C)C)n2C)c1.Cl. The standard InChI is InChI=1S/C15H22N4O.ClH/c1-15(2,3)13-16-17-14(19(13)5)18(4)11-8-7-9-12(10-11)20-6;/h7-10H,1-6H3;1H. The summed E-state index contributed by atoms with van der Waals surface area (Å²) in [4.78, 5) is 2.00. The molecule has 6 heteroatoms. The van der Waals surface area contributed by atoms with E-state index in [1.165, 1.54) is 0 Å². The molecule has 0 radical (unpaired) electrons. The van der Waals surface area contributed by atoms with Crippen LogP contribution in [0.15, 0.2) is 24.3 Å². The summed E-state index contributed by atoms with van der Waals surface area (Å²) in [5.74, 6) is 2.60. The van der Waals surface area contributed by atoms with Crippen molar-refractivity contribution in [2.75, 3.05) is 19.1 Å². The minimum Gasteiger partial charge on any atom is -0.497 e. The summed E-state index contributed by atoms with van der Waals surface area (Å²) < 4.78 is 7.29. The van der Waals surface area contributed by atoms with Gasteiger partial charge in [-0.1, -0.05) is 26.8 Å². The van der Waals surface area contributed by atoms with Gasteiger partial charge in [0.2, 0.25) is 5.95 Å². The Morgan fingerprint density at radius 2 is 1.86 bits per heavy atom. The monoisotopic (exact) mass is 310 g/mol. The van der Waals surface area contributed by atoms with Crippen LogP contribution in [0.2, 0.25) is 0 Å². The third-order valence-electron chi connectivity index (χ3n) is 3.26. The molecule has 1 aromatic carbocycles. The van der Waals surface area contributed by atoms with Gasteiger partial charge in [0, 0.05) is 31.3 Å². The molecule has 0 spiro atoms. The summed E-state index contributed by atoms with van der Waals surface area (Å²) in [6.45, 7) is 6.39. The van der Waals surface area contributed by atoms with Gasteiger partial charge in [-0.3, -0.25) is 4.57 Å². The van der Waals surface area contributed by atoms with Gasteiger partial charge in [-0.15, -0.1) is 22.6 Å². The third-order valence-corrected chi connectivity index (χ3v) is 3.26. The first kappa shape index (κ1) is 17.3. The molecular weight excluding hydrogens is 288 g/mol. The molecule has 1 heterocycles. The molecule has 0 unspecified atom stereocenters. The van der Waals surface area contributed by atoms with Crippen molar-refractivity contribution in [3.8, 4) is 5.75 Å². The fraction of sp³-hybridized carbons (Fsp3) is 0.467. The molecule has 5 nitrogen and oxygen atoms in total. The normalized spacial score (nSPS) is 11.0. The Bertz CT molecular complexity index is 604.